The zero-order chi connectivity index (χ0) is 15.2. The zero-order valence-corrected chi connectivity index (χ0v) is 12.2. The second-order valence-corrected chi connectivity index (χ2v) is 4.74. The first-order valence-electron chi connectivity index (χ1n) is 6.85. The molecule has 0 aliphatic carbocycles. The number of anilines is 1. The number of aromatic nitrogens is 3. The lowest BCUT2D eigenvalue weighted by Crippen LogP contribution is -2.07. The minimum Gasteiger partial charge on any atom is -0.396 e. The van der Waals surface area contributed by atoms with Crippen molar-refractivity contribution in [3.8, 4) is 0 Å². The SMILES string of the molecule is C=CC(=C)/C=C(\C)c1cnc2ccc(NCCCO)nn12. The molecular formula is C16H20N4O. The van der Waals surface area contributed by atoms with Gasteiger partial charge in [-0.05, 0) is 36.6 Å². The van der Waals surface area contributed by atoms with Crippen molar-refractivity contribution in [2.24, 2.45) is 0 Å². The lowest BCUT2D eigenvalue weighted by molar-refractivity contribution is 0.292. The fourth-order valence-corrected chi connectivity index (χ4v) is 1.94. The monoisotopic (exact) mass is 284 g/mol. The molecular weight excluding hydrogens is 264 g/mol. The maximum atomic E-state index is 8.81. The van der Waals surface area contributed by atoms with E-state index in [1.807, 2.05) is 25.1 Å². The van der Waals surface area contributed by atoms with Crippen LogP contribution in [0.4, 0.5) is 5.82 Å². The van der Waals surface area contributed by atoms with Crippen LogP contribution in [0.25, 0.3) is 11.2 Å². The first kappa shape index (κ1) is 15.0. The zero-order valence-electron chi connectivity index (χ0n) is 12.2. The van der Waals surface area contributed by atoms with Crippen molar-refractivity contribution in [3.63, 3.8) is 0 Å². The van der Waals surface area contributed by atoms with E-state index in [1.54, 1.807) is 16.8 Å². The molecule has 5 nitrogen and oxygen atoms in total. The Labute approximate surface area is 124 Å². The van der Waals surface area contributed by atoms with Gasteiger partial charge in [0.2, 0.25) is 0 Å². The van der Waals surface area contributed by atoms with Gasteiger partial charge in [0, 0.05) is 13.2 Å². The Morgan fingerprint density at radius 1 is 1.48 bits per heavy atom. The largest absolute Gasteiger partial charge is 0.396 e. The van der Waals surface area contributed by atoms with Crippen molar-refractivity contribution in [2.75, 3.05) is 18.5 Å². The number of rotatable bonds is 7. The molecule has 110 valence electrons. The van der Waals surface area contributed by atoms with Crippen molar-refractivity contribution >= 4 is 17.0 Å². The summed E-state index contributed by atoms with van der Waals surface area (Å²) in [5.74, 6) is 0.755. The van der Waals surface area contributed by atoms with E-state index < -0.39 is 0 Å². The molecule has 2 heterocycles. The van der Waals surface area contributed by atoms with E-state index in [1.165, 1.54) is 0 Å². The highest BCUT2D eigenvalue weighted by Gasteiger charge is 2.07. The average Bonchev–Trinajstić information content (AvgIpc) is 2.90. The predicted molar refractivity (Wildman–Crippen MR) is 86.2 cm³/mol. The fourth-order valence-electron chi connectivity index (χ4n) is 1.94. The smallest absolute Gasteiger partial charge is 0.154 e. The topological polar surface area (TPSA) is 62.5 Å². The second kappa shape index (κ2) is 6.85. The molecule has 0 spiro atoms. The van der Waals surface area contributed by atoms with Crippen LogP contribution in [0, 0.1) is 0 Å². The minimum absolute atomic E-state index is 0.164. The number of aliphatic hydroxyl groups excluding tert-OH is 1. The summed E-state index contributed by atoms with van der Waals surface area (Å²) >= 11 is 0. The van der Waals surface area contributed by atoms with E-state index in [0.717, 1.165) is 28.3 Å². The summed E-state index contributed by atoms with van der Waals surface area (Å²) in [4.78, 5) is 4.35. The Morgan fingerprint density at radius 3 is 3.00 bits per heavy atom. The molecule has 2 aromatic rings. The van der Waals surface area contributed by atoms with Crippen molar-refractivity contribution in [3.05, 3.63) is 54.9 Å². The van der Waals surface area contributed by atoms with E-state index in [2.05, 4.69) is 28.6 Å². The molecule has 2 rings (SSSR count). The molecule has 0 amide bonds. The average molecular weight is 284 g/mol. The maximum absolute atomic E-state index is 8.81. The van der Waals surface area contributed by atoms with Gasteiger partial charge in [0.15, 0.2) is 5.65 Å². The summed E-state index contributed by atoms with van der Waals surface area (Å²) in [5, 5.41) is 16.5. The molecule has 0 atom stereocenters. The minimum atomic E-state index is 0.164. The van der Waals surface area contributed by atoms with Crippen LogP contribution in [0.2, 0.25) is 0 Å². The number of allylic oxidation sites excluding steroid dienone is 4. The highest BCUT2D eigenvalue weighted by atomic mass is 16.3. The van der Waals surface area contributed by atoms with Gasteiger partial charge in [0.05, 0.1) is 11.9 Å². The number of aliphatic hydroxyl groups is 1. The van der Waals surface area contributed by atoms with E-state index in [-0.39, 0.29) is 6.61 Å². The van der Waals surface area contributed by atoms with Crippen LogP contribution < -0.4 is 5.32 Å². The Balaban J connectivity index is 2.32. The van der Waals surface area contributed by atoms with Gasteiger partial charge in [-0.3, -0.25) is 0 Å². The van der Waals surface area contributed by atoms with Gasteiger partial charge in [-0.2, -0.15) is 0 Å². The predicted octanol–water partition coefficient (Wildman–Crippen LogP) is 2.67. The van der Waals surface area contributed by atoms with Gasteiger partial charge in [0.25, 0.3) is 0 Å². The van der Waals surface area contributed by atoms with E-state index >= 15 is 0 Å². The van der Waals surface area contributed by atoms with Crippen LogP contribution in [0.5, 0.6) is 0 Å². The van der Waals surface area contributed by atoms with Gasteiger partial charge in [-0.1, -0.05) is 25.3 Å². The lowest BCUT2D eigenvalue weighted by Gasteiger charge is -2.06. The molecule has 0 radical (unpaired) electrons. The fraction of sp³-hybridized carbons (Fsp3) is 0.250. The van der Waals surface area contributed by atoms with Gasteiger partial charge in [-0.25, -0.2) is 9.50 Å². The van der Waals surface area contributed by atoms with Crippen molar-refractivity contribution in [1.29, 1.82) is 0 Å². The van der Waals surface area contributed by atoms with Crippen LogP contribution >= 0.6 is 0 Å². The van der Waals surface area contributed by atoms with Crippen LogP contribution in [-0.4, -0.2) is 32.9 Å². The number of hydrogen-bond acceptors (Lipinski definition) is 4. The summed E-state index contributed by atoms with van der Waals surface area (Å²) in [6.45, 7) is 10.4. The van der Waals surface area contributed by atoms with Crippen LogP contribution in [0.3, 0.4) is 0 Å². The highest BCUT2D eigenvalue weighted by Crippen LogP contribution is 2.18. The summed E-state index contributed by atoms with van der Waals surface area (Å²) < 4.78 is 1.80. The summed E-state index contributed by atoms with van der Waals surface area (Å²) in [6.07, 6.45) is 6.14. The second-order valence-electron chi connectivity index (χ2n) is 4.74. The normalized spacial score (nSPS) is 11.6. The first-order valence-corrected chi connectivity index (χ1v) is 6.85. The molecule has 0 bridgehead atoms. The van der Waals surface area contributed by atoms with Gasteiger partial charge < -0.3 is 10.4 Å². The lowest BCUT2D eigenvalue weighted by atomic mass is 10.1. The number of nitrogens with zero attached hydrogens (tertiary/aromatic N) is 3. The molecule has 0 aliphatic heterocycles. The molecule has 5 heteroatoms. The maximum Gasteiger partial charge on any atom is 0.154 e. The molecule has 21 heavy (non-hydrogen) atoms. The third-order valence-electron chi connectivity index (χ3n) is 3.07. The van der Waals surface area contributed by atoms with Crippen LogP contribution in [0.1, 0.15) is 19.0 Å². The molecule has 2 N–H and O–H groups in total. The number of fused-ring (bicyclic) bond motifs is 1. The number of nitrogens with one attached hydrogen (secondary N) is 1. The Kier molecular flexibility index (Phi) is 4.90. The third-order valence-corrected chi connectivity index (χ3v) is 3.07. The van der Waals surface area contributed by atoms with Gasteiger partial charge in [-0.15, -0.1) is 5.10 Å². The summed E-state index contributed by atoms with van der Waals surface area (Å²) in [7, 11) is 0. The van der Waals surface area contributed by atoms with Crippen molar-refractivity contribution in [2.45, 2.75) is 13.3 Å². The summed E-state index contributed by atoms with van der Waals surface area (Å²) in [6, 6.07) is 3.79. The van der Waals surface area contributed by atoms with Crippen molar-refractivity contribution in [1.82, 2.24) is 14.6 Å². The van der Waals surface area contributed by atoms with Crippen molar-refractivity contribution < 1.29 is 5.11 Å². The third kappa shape index (κ3) is 3.58. The molecule has 0 unspecified atom stereocenters. The Morgan fingerprint density at radius 2 is 2.29 bits per heavy atom. The summed E-state index contributed by atoms with van der Waals surface area (Å²) in [5.41, 5.74) is 3.57. The van der Waals surface area contributed by atoms with Crippen LogP contribution in [0.15, 0.2) is 49.2 Å². The number of hydrogen-bond donors (Lipinski definition) is 2. The number of imidazole rings is 1. The molecule has 0 fully saturated rings. The Hall–Kier alpha value is -2.40. The first-order chi connectivity index (χ1) is 10.2. The molecule has 2 aromatic heterocycles. The molecule has 0 saturated carbocycles. The molecule has 0 saturated heterocycles. The Bertz CT molecular complexity index is 685. The van der Waals surface area contributed by atoms with E-state index in [4.69, 9.17) is 5.11 Å². The standard InChI is InChI=1S/C16H20N4O/c1-4-12(2)10-13(3)14-11-18-16-7-6-15(19-20(14)16)17-8-5-9-21/h4,6-7,10-11,21H,1-2,5,8-9H2,3H3,(H,17,19)/b13-10+. The highest BCUT2D eigenvalue weighted by molar-refractivity contribution is 5.66. The van der Waals surface area contributed by atoms with Crippen LogP contribution in [-0.2, 0) is 0 Å². The van der Waals surface area contributed by atoms with Gasteiger partial charge in [0.1, 0.15) is 5.82 Å². The van der Waals surface area contributed by atoms with E-state index in [0.29, 0.717) is 13.0 Å². The van der Waals surface area contributed by atoms with Gasteiger partial charge >= 0.3 is 0 Å². The van der Waals surface area contributed by atoms with E-state index in [9.17, 15) is 0 Å². The molecule has 0 aromatic carbocycles. The quantitative estimate of drug-likeness (QED) is 0.606. The molecule has 0 aliphatic rings.